The van der Waals surface area contributed by atoms with Crippen LogP contribution in [0.3, 0.4) is 0 Å². The molecule has 0 aliphatic heterocycles. The first-order valence-electron chi connectivity index (χ1n) is 7.52. The number of benzene rings is 3. The molecule has 0 atom stereocenters. The summed E-state index contributed by atoms with van der Waals surface area (Å²) in [5, 5.41) is 1.72. The Labute approximate surface area is 145 Å². The Bertz CT molecular complexity index is 988. The molecule has 0 spiro atoms. The second kappa shape index (κ2) is 7.33. The van der Waals surface area contributed by atoms with Gasteiger partial charge >= 0.3 is 6.09 Å². The van der Waals surface area contributed by atoms with E-state index in [0.29, 0.717) is 0 Å². The van der Waals surface area contributed by atoms with Crippen molar-refractivity contribution < 1.29 is 17.9 Å². The zero-order valence-electron chi connectivity index (χ0n) is 13.2. The fourth-order valence-electron chi connectivity index (χ4n) is 2.26. The van der Waals surface area contributed by atoms with E-state index < -0.39 is 16.1 Å². The van der Waals surface area contributed by atoms with Crippen LogP contribution in [0.2, 0.25) is 0 Å². The maximum atomic E-state index is 12.3. The van der Waals surface area contributed by atoms with Crippen molar-refractivity contribution in [2.45, 2.75) is 11.5 Å². The van der Waals surface area contributed by atoms with Crippen LogP contribution in [0.5, 0.6) is 0 Å². The summed E-state index contributed by atoms with van der Waals surface area (Å²) in [6.07, 6.45) is -0.881. The van der Waals surface area contributed by atoms with Crippen LogP contribution >= 0.6 is 0 Å². The molecular formula is C18H16N2O4S. The second-order valence-electron chi connectivity index (χ2n) is 5.30. The number of hydrazine groups is 1. The monoisotopic (exact) mass is 356 g/mol. The Balaban J connectivity index is 1.61. The van der Waals surface area contributed by atoms with Crippen molar-refractivity contribution in [3.05, 3.63) is 78.4 Å². The molecule has 6 nitrogen and oxygen atoms in total. The van der Waals surface area contributed by atoms with Gasteiger partial charge in [-0.1, -0.05) is 60.7 Å². The van der Waals surface area contributed by atoms with Crippen molar-refractivity contribution in [3.8, 4) is 0 Å². The third-order valence-electron chi connectivity index (χ3n) is 3.53. The van der Waals surface area contributed by atoms with Gasteiger partial charge < -0.3 is 4.74 Å². The van der Waals surface area contributed by atoms with Crippen LogP contribution in [0, 0.1) is 0 Å². The highest BCUT2D eigenvalue weighted by Crippen LogP contribution is 2.18. The highest BCUT2D eigenvalue weighted by molar-refractivity contribution is 7.89. The minimum Gasteiger partial charge on any atom is -0.444 e. The lowest BCUT2D eigenvalue weighted by Gasteiger charge is -2.10. The van der Waals surface area contributed by atoms with Gasteiger partial charge in [-0.15, -0.1) is 4.83 Å². The third kappa shape index (κ3) is 4.34. The molecule has 0 aliphatic carbocycles. The summed E-state index contributed by atoms with van der Waals surface area (Å²) in [4.78, 5) is 13.7. The van der Waals surface area contributed by atoms with Crippen molar-refractivity contribution in [1.29, 1.82) is 0 Å². The largest absolute Gasteiger partial charge is 0.444 e. The minimum absolute atomic E-state index is 0.0460. The van der Waals surface area contributed by atoms with Crippen LogP contribution in [0.15, 0.2) is 77.7 Å². The summed E-state index contributed by atoms with van der Waals surface area (Å²) in [5.41, 5.74) is 2.84. The van der Waals surface area contributed by atoms with Crippen molar-refractivity contribution >= 4 is 26.9 Å². The lowest BCUT2D eigenvalue weighted by Crippen LogP contribution is -2.41. The fourth-order valence-corrected chi connectivity index (χ4v) is 3.13. The summed E-state index contributed by atoms with van der Waals surface area (Å²) in [5.74, 6) is 0. The van der Waals surface area contributed by atoms with Gasteiger partial charge in [0, 0.05) is 0 Å². The maximum absolute atomic E-state index is 12.3. The lowest BCUT2D eigenvalue weighted by molar-refractivity contribution is 0.138. The number of rotatable bonds is 5. The highest BCUT2D eigenvalue weighted by atomic mass is 32.2. The number of amides is 1. The zero-order chi connectivity index (χ0) is 17.7. The van der Waals surface area contributed by atoms with E-state index in [4.69, 9.17) is 4.74 Å². The number of fused-ring (bicyclic) bond motifs is 1. The molecule has 1 amide bonds. The smallest absolute Gasteiger partial charge is 0.422 e. The molecule has 3 aromatic carbocycles. The molecule has 128 valence electrons. The topological polar surface area (TPSA) is 84.5 Å². The van der Waals surface area contributed by atoms with Crippen LogP contribution in [0.25, 0.3) is 10.8 Å². The maximum Gasteiger partial charge on any atom is 0.422 e. The van der Waals surface area contributed by atoms with Crippen molar-refractivity contribution in [2.75, 3.05) is 0 Å². The first-order valence-corrected chi connectivity index (χ1v) is 9.00. The number of hydrogen-bond donors (Lipinski definition) is 2. The Morgan fingerprint density at radius 3 is 2.32 bits per heavy atom. The summed E-state index contributed by atoms with van der Waals surface area (Å²) < 4.78 is 29.5. The SMILES string of the molecule is O=C(NNS(=O)(=O)c1ccc2ccccc2c1)OCc1ccccc1. The van der Waals surface area contributed by atoms with Gasteiger partial charge in [0.05, 0.1) is 4.90 Å². The van der Waals surface area contributed by atoms with E-state index in [1.165, 1.54) is 12.1 Å². The van der Waals surface area contributed by atoms with Gasteiger partial charge in [-0.3, -0.25) is 0 Å². The average molecular weight is 356 g/mol. The van der Waals surface area contributed by atoms with E-state index >= 15 is 0 Å². The molecule has 7 heteroatoms. The molecule has 3 rings (SSSR count). The standard InChI is InChI=1S/C18H16N2O4S/c21-18(24-13-14-6-2-1-3-7-14)19-20-25(22,23)17-11-10-15-8-4-5-9-16(15)12-17/h1-12,20H,13H2,(H,19,21). The normalized spacial score (nSPS) is 11.2. The van der Waals surface area contributed by atoms with E-state index in [-0.39, 0.29) is 11.5 Å². The minimum atomic E-state index is -3.89. The molecule has 0 unspecified atom stereocenters. The van der Waals surface area contributed by atoms with Gasteiger partial charge in [-0.05, 0) is 28.5 Å². The van der Waals surface area contributed by atoms with Crippen molar-refractivity contribution in [2.24, 2.45) is 0 Å². The summed E-state index contributed by atoms with van der Waals surface area (Å²) in [7, 11) is -3.89. The lowest BCUT2D eigenvalue weighted by atomic mass is 10.1. The van der Waals surface area contributed by atoms with Gasteiger partial charge in [0.15, 0.2) is 0 Å². The van der Waals surface area contributed by atoms with Gasteiger partial charge in [0.25, 0.3) is 10.0 Å². The van der Waals surface area contributed by atoms with E-state index in [9.17, 15) is 13.2 Å². The molecule has 0 saturated heterocycles. The quantitative estimate of drug-likeness (QED) is 0.689. The summed E-state index contributed by atoms with van der Waals surface area (Å²) in [6.45, 7) is 0.0460. The molecule has 0 aromatic heterocycles. The number of carbonyl (C=O) groups excluding carboxylic acids is 1. The van der Waals surface area contributed by atoms with Crippen LogP contribution in [0.4, 0.5) is 4.79 Å². The first-order chi connectivity index (χ1) is 12.0. The molecule has 0 fully saturated rings. The number of sulfonamides is 1. The molecule has 0 saturated carbocycles. The average Bonchev–Trinajstić information content (AvgIpc) is 2.65. The van der Waals surface area contributed by atoms with E-state index in [1.807, 2.05) is 52.7 Å². The predicted octanol–water partition coefficient (Wildman–Crippen LogP) is 2.96. The van der Waals surface area contributed by atoms with Crippen LogP contribution < -0.4 is 10.3 Å². The van der Waals surface area contributed by atoms with Crippen LogP contribution in [-0.2, 0) is 21.4 Å². The zero-order valence-corrected chi connectivity index (χ0v) is 14.0. The Morgan fingerprint density at radius 2 is 1.56 bits per heavy atom. The fraction of sp³-hybridized carbons (Fsp3) is 0.0556. The molecule has 0 aliphatic rings. The van der Waals surface area contributed by atoms with Crippen LogP contribution in [-0.4, -0.2) is 14.5 Å². The third-order valence-corrected chi connectivity index (χ3v) is 4.78. The van der Waals surface area contributed by atoms with E-state index in [2.05, 4.69) is 0 Å². The molecule has 0 bridgehead atoms. The number of nitrogens with one attached hydrogen (secondary N) is 2. The second-order valence-corrected chi connectivity index (χ2v) is 6.98. The Morgan fingerprint density at radius 1 is 0.880 bits per heavy atom. The highest BCUT2D eigenvalue weighted by Gasteiger charge is 2.16. The number of carbonyl (C=O) groups is 1. The molecule has 3 aromatic rings. The van der Waals surface area contributed by atoms with Gasteiger partial charge in [0.2, 0.25) is 0 Å². The summed E-state index contributed by atoms with van der Waals surface area (Å²) >= 11 is 0. The molecule has 0 radical (unpaired) electrons. The van der Waals surface area contributed by atoms with Gasteiger partial charge in [0.1, 0.15) is 6.61 Å². The molecule has 25 heavy (non-hydrogen) atoms. The van der Waals surface area contributed by atoms with Crippen molar-refractivity contribution in [3.63, 3.8) is 0 Å². The predicted molar refractivity (Wildman–Crippen MR) is 94.0 cm³/mol. The van der Waals surface area contributed by atoms with Crippen LogP contribution in [0.1, 0.15) is 5.56 Å². The molecular weight excluding hydrogens is 340 g/mol. The number of hydrogen-bond acceptors (Lipinski definition) is 4. The van der Waals surface area contributed by atoms with Gasteiger partial charge in [-0.2, -0.15) is 0 Å². The Hall–Kier alpha value is -2.90. The Kier molecular flexibility index (Phi) is 4.97. The number of ether oxygens (including phenoxy) is 1. The van der Waals surface area contributed by atoms with Gasteiger partial charge in [-0.25, -0.2) is 18.6 Å². The molecule has 0 heterocycles. The summed E-state index contributed by atoms with van der Waals surface area (Å²) in [6, 6.07) is 21.2. The van der Waals surface area contributed by atoms with E-state index in [1.54, 1.807) is 18.2 Å². The van der Waals surface area contributed by atoms with Crippen molar-refractivity contribution in [1.82, 2.24) is 10.3 Å². The van der Waals surface area contributed by atoms with E-state index in [0.717, 1.165) is 16.3 Å². The molecule has 2 N–H and O–H groups in total. The first kappa shape index (κ1) is 16.9.